The Morgan fingerprint density at radius 3 is 2.19 bits per heavy atom. The number of Topliss-reactive ketones (excluding diaryl/α,β-unsaturated/α-hetero) is 1. The first-order valence-corrected chi connectivity index (χ1v) is 5.55. The molecule has 1 aliphatic rings. The Kier molecular flexibility index (Phi) is 4.35. The lowest BCUT2D eigenvalue weighted by Gasteiger charge is -2.31. The molecule has 0 aromatic rings. The molecule has 1 aliphatic carbocycles. The summed E-state index contributed by atoms with van der Waals surface area (Å²) in [7, 11) is 0. The van der Waals surface area contributed by atoms with Crippen LogP contribution in [0.3, 0.4) is 0 Å². The number of aliphatic hydroxyl groups is 1. The largest absolute Gasteiger partial charge is 0.414 e. The second-order valence-electron chi connectivity index (χ2n) is 4.67. The van der Waals surface area contributed by atoms with Crippen LogP contribution < -0.4 is 0 Å². The summed E-state index contributed by atoms with van der Waals surface area (Å²) in [5.41, 5.74) is 0. The third kappa shape index (κ3) is 3.77. The molecule has 0 heterocycles. The van der Waals surface area contributed by atoms with Crippen LogP contribution in [-0.2, 0) is 4.79 Å². The monoisotopic (exact) mass is 238 g/mol. The highest BCUT2D eigenvalue weighted by Gasteiger charge is 2.44. The van der Waals surface area contributed by atoms with Crippen LogP contribution in [0.25, 0.3) is 0 Å². The number of halogens is 3. The highest BCUT2D eigenvalue weighted by Crippen LogP contribution is 2.37. The molecule has 1 N–H and O–H groups in total. The topological polar surface area (TPSA) is 37.3 Å². The normalized spacial score (nSPS) is 28.8. The number of hydrogen-bond donors (Lipinski definition) is 1. The molecule has 1 fully saturated rings. The second kappa shape index (κ2) is 5.17. The molecule has 0 bridgehead atoms. The van der Waals surface area contributed by atoms with E-state index in [1.165, 1.54) is 6.92 Å². The fourth-order valence-corrected chi connectivity index (χ4v) is 2.38. The fraction of sp³-hybridized carbons (Fsp3) is 0.909. The Balaban J connectivity index is 2.40. The first-order chi connectivity index (χ1) is 7.30. The summed E-state index contributed by atoms with van der Waals surface area (Å²) >= 11 is 0. The van der Waals surface area contributed by atoms with Gasteiger partial charge in [0.15, 0.2) is 6.10 Å². The van der Waals surface area contributed by atoms with Gasteiger partial charge in [-0.1, -0.05) is 0 Å². The van der Waals surface area contributed by atoms with Crippen molar-refractivity contribution in [3.63, 3.8) is 0 Å². The number of ketones is 1. The van der Waals surface area contributed by atoms with E-state index in [2.05, 4.69) is 0 Å². The smallest absolute Gasteiger partial charge is 0.383 e. The Morgan fingerprint density at radius 1 is 1.31 bits per heavy atom. The maximum atomic E-state index is 12.2. The van der Waals surface area contributed by atoms with Crippen molar-refractivity contribution in [2.75, 3.05) is 0 Å². The van der Waals surface area contributed by atoms with Crippen LogP contribution in [0, 0.1) is 11.8 Å². The first-order valence-electron chi connectivity index (χ1n) is 5.55. The van der Waals surface area contributed by atoms with Gasteiger partial charge in [-0.2, -0.15) is 13.2 Å². The molecule has 0 amide bonds. The molecule has 1 saturated carbocycles. The van der Waals surface area contributed by atoms with E-state index in [0.29, 0.717) is 32.1 Å². The zero-order chi connectivity index (χ0) is 12.3. The van der Waals surface area contributed by atoms with E-state index in [9.17, 15) is 18.0 Å². The quantitative estimate of drug-likeness (QED) is 0.820. The molecule has 0 aliphatic heterocycles. The molecular formula is C11H17F3O2. The average Bonchev–Trinajstić information content (AvgIpc) is 2.15. The number of alkyl halides is 3. The third-order valence-corrected chi connectivity index (χ3v) is 3.25. The molecule has 1 unspecified atom stereocenters. The summed E-state index contributed by atoms with van der Waals surface area (Å²) in [6.45, 7) is 1.50. The molecule has 5 heteroatoms. The van der Waals surface area contributed by atoms with Crippen LogP contribution >= 0.6 is 0 Å². The third-order valence-electron chi connectivity index (χ3n) is 3.25. The predicted molar refractivity (Wildman–Crippen MR) is 52.8 cm³/mol. The van der Waals surface area contributed by atoms with Gasteiger partial charge in [-0.05, 0) is 44.4 Å². The minimum Gasteiger partial charge on any atom is -0.383 e. The van der Waals surface area contributed by atoms with Crippen molar-refractivity contribution in [3.05, 3.63) is 0 Å². The summed E-state index contributed by atoms with van der Waals surface area (Å²) in [5, 5.41) is 9.09. The predicted octanol–water partition coefficient (Wildman–Crippen LogP) is 2.70. The Bertz CT molecular complexity index is 242. The van der Waals surface area contributed by atoms with Gasteiger partial charge < -0.3 is 9.90 Å². The molecule has 2 nitrogen and oxygen atoms in total. The van der Waals surface area contributed by atoms with Crippen molar-refractivity contribution in [2.45, 2.75) is 51.3 Å². The molecule has 0 aromatic heterocycles. The van der Waals surface area contributed by atoms with Crippen LogP contribution in [0.4, 0.5) is 13.2 Å². The van der Waals surface area contributed by atoms with Crippen molar-refractivity contribution in [1.82, 2.24) is 0 Å². The Labute approximate surface area is 92.8 Å². The van der Waals surface area contributed by atoms with Gasteiger partial charge in [-0.15, -0.1) is 0 Å². The zero-order valence-electron chi connectivity index (χ0n) is 9.26. The van der Waals surface area contributed by atoms with E-state index < -0.39 is 18.2 Å². The van der Waals surface area contributed by atoms with E-state index in [0.717, 1.165) is 0 Å². The van der Waals surface area contributed by atoms with Crippen molar-refractivity contribution in [1.29, 1.82) is 0 Å². The van der Waals surface area contributed by atoms with E-state index in [4.69, 9.17) is 5.11 Å². The lowest BCUT2D eigenvalue weighted by molar-refractivity contribution is -0.222. The van der Waals surface area contributed by atoms with Gasteiger partial charge in [0.2, 0.25) is 0 Å². The number of hydrogen-bond acceptors (Lipinski definition) is 2. The van der Waals surface area contributed by atoms with Crippen molar-refractivity contribution < 1.29 is 23.1 Å². The first kappa shape index (κ1) is 13.5. The van der Waals surface area contributed by atoms with E-state index in [1.54, 1.807) is 0 Å². The van der Waals surface area contributed by atoms with Crippen molar-refractivity contribution in [3.8, 4) is 0 Å². The number of carbonyl (C=O) groups excluding carboxylic acids is 1. The molecule has 1 rings (SSSR count). The molecule has 94 valence electrons. The summed E-state index contributed by atoms with van der Waals surface area (Å²) in [5.74, 6) is -0.405. The highest BCUT2D eigenvalue weighted by molar-refractivity contribution is 5.75. The van der Waals surface area contributed by atoms with Gasteiger partial charge in [-0.25, -0.2) is 0 Å². The maximum Gasteiger partial charge on any atom is 0.414 e. The van der Waals surface area contributed by atoms with Gasteiger partial charge in [0.25, 0.3) is 0 Å². The molecule has 1 atom stereocenters. The van der Waals surface area contributed by atoms with E-state index in [1.807, 2.05) is 0 Å². The maximum absolute atomic E-state index is 12.2. The summed E-state index contributed by atoms with van der Waals surface area (Å²) in [4.78, 5) is 10.9. The van der Waals surface area contributed by atoms with Gasteiger partial charge in [0.1, 0.15) is 5.78 Å². The summed E-state index contributed by atoms with van der Waals surface area (Å²) < 4.78 is 36.7. The summed E-state index contributed by atoms with van der Waals surface area (Å²) in [6.07, 6.45) is -4.33. The van der Waals surface area contributed by atoms with E-state index >= 15 is 0 Å². The second-order valence-corrected chi connectivity index (χ2v) is 4.67. The molecular weight excluding hydrogens is 221 g/mol. The highest BCUT2D eigenvalue weighted by atomic mass is 19.4. The van der Waals surface area contributed by atoms with Gasteiger partial charge >= 0.3 is 6.18 Å². The minimum absolute atomic E-state index is 0.0832. The lowest BCUT2D eigenvalue weighted by Crippen LogP contribution is -2.38. The number of carbonyl (C=O) groups is 1. The van der Waals surface area contributed by atoms with Crippen LogP contribution in [0.1, 0.15) is 39.0 Å². The van der Waals surface area contributed by atoms with Gasteiger partial charge in [-0.3, -0.25) is 0 Å². The SMILES string of the molecule is CC(=O)CC1CCC(C(O)C(F)(F)F)CC1. The number of aliphatic hydroxyl groups excluding tert-OH is 1. The van der Waals surface area contributed by atoms with Crippen molar-refractivity contribution >= 4 is 5.78 Å². The van der Waals surface area contributed by atoms with Crippen LogP contribution in [0.2, 0.25) is 0 Å². The zero-order valence-corrected chi connectivity index (χ0v) is 9.26. The van der Waals surface area contributed by atoms with Crippen LogP contribution in [-0.4, -0.2) is 23.2 Å². The standard InChI is InChI=1S/C11H17F3O2/c1-7(15)6-8-2-4-9(5-3-8)10(16)11(12,13)14/h8-10,16H,2-6H2,1H3. The van der Waals surface area contributed by atoms with Crippen LogP contribution in [0.5, 0.6) is 0 Å². The fourth-order valence-electron chi connectivity index (χ4n) is 2.38. The average molecular weight is 238 g/mol. The molecule has 0 spiro atoms. The summed E-state index contributed by atoms with van der Waals surface area (Å²) in [6, 6.07) is 0. The lowest BCUT2D eigenvalue weighted by atomic mass is 9.77. The van der Waals surface area contributed by atoms with Crippen LogP contribution in [0.15, 0.2) is 0 Å². The van der Waals surface area contributed by atoms with Gasteiger partial charge in [0, 0.05) is 6.42 Å². The molecule has 16 heavy (non-hydrogen) atoms. The van der Waals surface area contributed by atoms with Crippen molar-refractivity contribution in [2.24, 2.45) is 11.8 Å². The number of rotatable bonds is 3. The molecule has 0 radical (unpaired) electrons. The van der Waals surface area contributed by atoms with E-state index in [-0.39, 0.29) is 11.7 Å². The van der Waals surface area contributed by atoms with Gasteiger partial charge in [0.05, 0.1) is 0 Å². The minimum atomic E-state index is -4.52. The molecule has 0 aromatic carbocycles. The molecule has 0 saturated heterocycles. The Morgan fingerprint density at radius 2 is 1.81 bits per heavy atom. The Hall–Kier alpha value is -0.580.